The van der Waals surface area contributed by atoms with E-state index in [1.54, 1.807) is 6.92 Å². The second-order valence-electron chi connectivity index (χ2n) is 3.20. The molecular formula is C11H13FO3. The Morgan fingerprint density at radius 1 is 1.60 bits per heavy atom. The van der Waals surface area contributed by atoms with Crippen molar-refractivity contribution in [2.75, 3.05) is 6.61 Å². The van der Waals surface area contributed by atoms with Gasteiger partial charge < -0.3 is 4.74 Å². The van der Waals surface area contributed by atoms with Crippen LogP contribution in [0.25, 0.3) is 0 Å². The Morgan fingerprint density at radius 2 is 2.33 bits per heavy atom. The normalized spacial score (nSPS) is 15.7. The molecule has 0 bridgehead atoms. The summed E-state index contributed by atoms with van der Waals surface area (Å²) < 4.78 is 17.9. The van der Waals surface area contributed by atoms with Gasteiger partial charge in [-0.05, 0) is 18.9 Å². The monoisotopic (exact) mass is 212 g/mol. The van der Waals surface area contributed by atoms with E-state index in [2.05, 4.69) is 0 Å². The highest BCUT2D eigenvalue weighted by Gasteiger charge is 2.14. The number of carbonyl (C=O) groups excluding carboxylic acids is 2. The van der Waals surface area contributed by atoms with Crippen LogP contribution < -0.4 is 0 Å². The van der Waals surface area contributed by atoms with Gasteiger partial charge in [-0.15, -0.1) is 0 Å². The highest BCUT2D eigenvalue weighted by Crippen LogP contribution is 2.22. The molecule has 0 aromatic rings. The first kappa shape index (κ1) is 11.6. The second kappa shape index (κ2) is 5.44. The molecule has 0 heterocycles. The maximum atomic E-state index is 13.2. The Balaban J connectivity index is 2.43. The van der Waals surface area contributed by atoms with Gasteiger partial charge in [0.25, 0.3) is 0 Å². The van der Waals surface area contributed by atoms with E-state index < -0.39 is 5.83 Å². The van der Waals surface area contributed by atoms with E-state index in [9.17, 15) is 14.0 Å². The maximum absolute atomic E-state index is 13.2. The fourth-order valence-electron chi connectivity index (χ4n) is 1.31. The van der Waals surface area contributed by atoms with Crippen LogP contribution in [-0.4, -0.2) is 18.4 Å². The Labute approximate surface area is 87.6 Å². The highest BCUT2D eigenvalue weighted by atomic mass is 19.1. The second-order valence-corrected chi connectivity index (χ2v) is 3.20. The van der Waals surface area contributed by atoms with Gasteiger partial charge in [-0.2, -0.15) is 0 Å². The number of ether oxygens (including phenoxy) is 1. The molecule has 15 heavy (non-hydrogen) atoms. The number of esters is 1. The van der Waals surface area contributed by atoms with E-state index in [4.69, 9.17) is 4.74 Å². The van der Waals surface area contributed by atoms with Gasteiger partial charge in [0, 0.05) is 18.9 Å². The lowest BCUT2D eigenvalue weighted by Crippen LogP contribution is -2.06. The summed E-state index contributed by atoms with van der Waals surface area (Å²) in [6, 6.07) is 0. The zero-order valence-corrected chi connectivity index (χ0v) is 8.59. The van der Waals surface area contributed by atoms with Crippen LogP contribution in [-0.2, 0) is 14.3 Å². The van der Waals surface area contributed by atoms with Crippen molar-refractivity contribution in [1.82, 2.24) is 0 Å². The smallest absolute Gasteiger partial charge is 0.306 e. The number of rotatable bonds is 4. The molecule has 0 radical (unpaired) electrons. The molecule has 0 aliphatic heterocycles. The summed E-state index contributed by atoms with van der Waals surface area (Å²) >= 11 is 0. The Kier molecular flexibility index (Phi) is 4.21. The Hall–Kier alpha value is -1.45. The number of halogens is 1. The highest BCUT2D eigenvalue weighted by molar-refractivity contribution is 5.93. The quantitative estimate of drug-likeness (QED) is 0.670. The summed E-state index contributed by atoms with van der Waals surface area (Å²) in [4.78, 5) is 21.8. The molecule has 0 amide bonds. The van der Waals surface area contributed by atoms with Crippen LogP contribution >= 0.6 is 0 Å². The third-order valence-electron chi connectivity index (χ3n) is 2.05. The fourth-order valence-corrected chi connectivity index (χ4v) is 1.31. The van der Waals surface area contributed by atoms with Crippen LogP contribution in [0.15, 0.2) is 23.6 Å². The molecule has 0 atom stereocenters. The van der Waals surface area contributed by atoms with Gasteiger partial charge in [-0.1, -0.05) is 6.08 Å². The van der Waals surface area contributed by atoms with Crippen LogP contribution in [0.4, 0.5) is 4.39 Å². The van der Waals surface area contributed by atoms with Gasteiger partial charge in [0.1, 0.15) is 5.83 Å². The van der Waals surface area contributed by atoms with Crippen molar-refractivity contribution < 1.29 is 18.7 Å². The molecule has 1 aliphatic rings. The predicted octanol–water partition coefficient (Wildman–Crippen LogP) is 2.08. The van der Waals surface area contributed by atoms with Crippen LogP contribution in [0.3, 0.4) is 0 Å². The summed E-state index contributed by atoms with van der Waals surface area (Å²) in [7, 11) is 0. The van der Waals surface area contributed by atoms with Gasteiger partial charge in [-0.3, -0.25) is 9.59 Å². The Morgan fingerprint density at radius 3 is 2.93 bits per heavy atom. The standard InChI is InChI=1S/C11H13FO3/c1-2-15-11(14)6-4-8-3-5-9(13)7-10(8)12/h3,7H,2,4-6H2,1H3. The van der Waals surface area contributed by atoms with Crippen molar-refractivity contribution in [3.05, 3.63) is 23.6 Å². The molecule has 82 valence electrons. The topological polar surface area (TPSA) is 43.4 Å². The third kappa shape index (κ3) is 3.65. The number of allylic oxidation sites excluding steroid dienone is 4. The third-order valence-corrected chi connectivity index (χ3v) is 2.05. The number of carbonyl (C=O) groups is 2. The minimum atomic E-state index is -0.532. The molecule has 4 heteroatoms. The molecule has 0 saturated heterocycles. The summed E-state index contributed by atoms with van der Waals surface area (Å²) in [6.07, 6.45) is 3.15. The molecule has 1 rings (SSSR count). The van der Waals surface area contributed by atoms with Gasteiger partial charge in [0.15, 0.2) is 5.78 Å². The first-order valence-corrected chi connectivity index (χ1v) is 4.88. The van der Waals surface area contributed by atoms with Crippen molar-refractivity contribution in [2.24, 2.45) is 0 Å². The molecule has 0 saturated carbocycles. The summed E-state index contributed by atoms with van der Waals surface area (Å²) in [5.41, 5.74) is 0.419. The predicted molar refractivity (Wildman–Crippen MR) is 52.8 cm³/mol. The van der Waals surface area contributed by atoms with E-state index in [1.807, 2.05) is 0 Å². The SMILES string of the molecule is CCOC(=O)CCC1=CCC(=O)C=C1F. The van der Waals surface area contributed by atoms with Gasteiger partial charge in [-0.25, -0.2) is 4.39 Å². The molecule has 0 N–H and O–H groups in total. The average molecular weight is 212 g/mol. The Bertz CT molecular complexity index is 329. The molecule has 0 fully saturated rings. The van der Waals surface area contributed by atoms with Crippen LogP contribution in [0, 0.1) is 0 Å². The van der Waals surface area contributed by atoms with Crippen LogP contribution in [0.5, 0.6) is 0 Å². The van der Waals surface area contributed by atoms with Gasteiger partial charge in [0.2, 0.25) is 0 Å². The van der Waals surface area contributed by atoms with E-state index in [0.717, 1.165) is 6.08 Å². The molecule has 0 aromatic heterocycles. The number of hydrogen-bond acceptors (Lipinski definition) is 3. The van der Waals surface area contributed by atoms with E-state index >= 15 is 0 Å². The zero-order chi connectivity index (χ0) is 11.3. The molecule has 0 unspecified atom stereocenters. The van der Waals surface area contributed by atoms with Crippen molar-refractivity contribution >= 4 is 11.8 Å². The van der Waals surface area contributed by atoms with Crippen molar-refractivity contribution in [3.63, 3.8) is 0 Å². The largest absolute Gasteiger partial charge is 0.466 e. The lowest BCUT2D eigenvalue weighted by molar-refractivity contribution is -0.143. The zero-order valence-electron chi connectivity index (χ0n) is 8.59. The first-order chi connectivity index (χ1) is 7.13. The van der Waals surface area contributed by atoms with Gasteiger partial charge >= 0.3 is 5.97 Å². The number of ketones is 1. The van der Waals surface area contributed by atoms with Gasteiger partial charge in [0.05, 0.1) is 6.61 Å². The molecule has 0 aromatic carbocycles. The average Bonchev–Trinajstić information content (AvgIpc) is 2.17. The summed E-state index contributed by atoms with van der Waals surface area (Å²) in [6.45, 7) is 2.05. The lowest BCUT2D eigenvalue weighted by Gasteiger charge is -2.08. The molecular weight excluding hydrogens is 199 g/mol. The van der Waals surface area contributed by atoms with Crippen LogP contribution in [0.1, 0.15) is 26.2 Å². The van der Waals surface area contributed by atoms with Crippen LogP contribution in [0.2, 0.25) is 0 Å². The van der Waals surface area contributed by atoms with Crippen molar-refractivity contribution in [1.29, 1.82) is 0 Å². The lowest BCUT2D eigenvalue weighted by atomic mass is 10.0. The molecule has 1 aliphatic carbocycles. The minimum Gasteiger partial charge on any atom is -0.466 e. The fraction of sp³-hybridized carbons (Fsp3) is 0.455. The minimum absolute atomic E-state index is 0.148. The van der Waals surface area contributed by atoms with E-state index in [1.165, 1.54) is 6.08 Å². The maximum Gasteiger partial charge on any atom is 0.306 e. The van der Waals surface area contributed by atoms with E-state index in [-0.39, 0.29) is 31.0 Å². The van der Waals surface area contributed by atoms with Crippen molar-refractivity contribution in [2.45, 2.75) is 26.2 Å². The molecule has 3 nitrogen and oxygen atoms in total. The summed E-state index contributed by atoms with van der Waals surface area (Å²) in [5, 5.41) is 0. The number of hydrogen-bond donors (Lipinski definition) is 0. The first-order valence-electron chi connectivity index (χ1n) is 4.88. The summed E-state index contributed by atoms with van der Waals surface area (Å²) in [5.74, 6) is -1.12. The van der Waals surface area contributed by atoms with Crippen molar-refractivity contribution in [3.8, 4) is 0 Å². The molecule has 0 spiro atoms. The van der Waals surface area contributed by atoms with E-state index in [0.29, 0.717) is 12.2 Å².